The van der Waals surface area contributed by atoms with Crippen LogP contribution in [0.4, 0.5) is 5.69 Å². The van der Waals surface area contributed by atoms with Crippen LogP contribution in [0.2, 0.25) is 0 Å². The molecule has 2 aromatic rings. The lowest BCUT2D eigenvalue weighted by Crippen LogP contribution is -2.14. The summed E-state index contributed by atoms with van der Waals surface area (Å²) in [4.78, 5) is 12.1. The molecule has 0 atom stereocenters. The summed E-state index contributed by atoms with van der Waals surface area (Å²) in [6.07, 6.45) is 6.26. The molecule has 24 heavy (non-hydrogen) atoms. The van der Waals surface area contributed by atoms with Crippen molar-refractivity contribution in [3.05, 3.63) is 34.6 Å². The molecule has 1 aromatic carbocycles. The molecule has 5 nitrogen and oxygen atoms in total. The third-order valence-electron chi connectivity index (χ3n) is 4.30. The van der Waals surface area contributed by atoms with Gasteiger partial charge in [0.15, 0.2) is 5.16 Å². The molecular formula is C17H21BrN4OS. The Bertz CT molecular complexity index is 695. The summed E-state index contributed by atoms with van der Waals surface area (Å²) in [7, 11) is 2.00. The summed E-state index contributed by atoms with van der Waals surface area (Å²) in [6, 6.07) is 7.55. The Morgan fingerprint density at radius 2 is 1.96 bits per heavy atom. The van der Waals surface area contributed by atoms with Crippen molar-refractivity contribution in [2.45, 2.75) is 43.2 Å². The molecule has 1 fully saturated rings. The Balaban J connectivity index is 1.55. The molecule has 0 aliphatic heterocycles. The highest BCUT2D eigenvalue weighted by Gasteiger charge is 2.22. The minimum Gasteiger partial charge on any atom is -0.325 e. The van der Waals surface area contributed by atoms with Gasteiger partial charge < -0.3 is 9.88 Å². The van der Waals surface area contributed by atoms with Crippen molar-refractivity contribution in [2.24, 2.45) is 7.05 Å². The van der Waals surface area contributed by atoms with E-state index in [-0.39, 0.29) is 5.91 Å². The summed E-state index contributed by atoms with van der Waals surface area (Å²) < 4.78 is 3.04. The van der Waals surface area contributed by atoms with Gasteiger partial charge in [-0.15, -0.1) is 10.2 Å². The molecule has 1 amide bonds. The van der Waals surface area contributed by atoms with E-state index in [9.17, 15) is 4.79 Å². The number of nitrogens with one attached hydrogen (secondary N) is 1. The van der Waals surface area contributed by atoms with Gasteiger partial charge in [0, 0.05) is 23.1 Å². The zero-order valence-corrected chi connectivity index (χ0v) is 16.1. The van der Waals surface area contributed by atoms with Crippen LogP contribution in [0.3, 0.4) is 0 Å². The number of hydrogen-bond donors (Lipinski definition) is 1. The van der Waals surface area contributed by atoms with E-state index >= 15 is 0 Å². The van der Waals surface area contributed by atoms with E-state index in [1.165, 1.54) is 43.9 Å². The highest BCUT2D eigenvalue weighted by molar-refractivity contribution is 9.10. The van der Waals surface area contributed by atoms with Crippen molar-refractivity contribution in [3.8, 4) is 0 Å². The first-order valence-corrected chi connectivity index (χ1v) is 9.99. The van der Waals surface area contributed by atoms with Gasteiger partial charge in [-0.05, 0) is 37.1 Å². The van der Waals surface area contributed by atoms with Crippen LogP contribution in [0.1, 0.15) is 43.8 Å². The molecule has 1 N–H and O–H groups in total. The van der Waals surface area contributed by atoms with Gasteiger partial charge in [-0.3, -0.25) is 4.79 Å². The maximum Gasteiger partial charge on any atom is 0.234 e. The summed E-state index contributed by atoms with van der Waals surface area (Å²) in [5, 5.41) is 12.3. The van der Waals surface area contributed by atoms with Crippen molar-refractivity contribution in [1.82, 2.24) is 14.8 Å². The topological polar surface area (TPSA) is 59.8 Å². The van der Waals surface area contributed by atoms with Gasteiger partial charge in [0.2, 0.25) is 5.91 Å². The number of amides is 1. The number of thioether (sulfide) groups is 1. The minimum absolute atomic E-state index is 0.0375. The molecule has 0 unspecified atom stereocenters. The van der Waals surface area contributed by atoms with Crippen molar-refractivity contribution < 1.29 is 4.79 Å². The van der Waals surface area contributed by atoms with Gasteiger partial charge in [-0.25, -0.2) is 0 Å². The molecule has 128 valence electrons. The number of benzene rings is 1. The number of hydrogen-bond acceptors (Lipinski definition) is 4. The molecule has 7 heteroatoms. The van der Waals surface area contributed by atoms with E-state index in [1.807, 2.05) is 35.9 Å². The number of aromatic nitrogens is 3. The Labute approximate surface area is 154 Å². The number of halogens is 1. The van der Waals surface area contributed by atoms with Crippen LogP contribution in [0.15, 0.2) is 33.9 Å². The second-order valence-corrected chi connectivity index (χ2v) is 7.94. The predicted molar refractivity (Wildman–Crippen MR) is 100 cm³/mol. The van der Waals surface area contributed by atoms with Crippen LogP contribution in [0, 0.1) is 0 Å². The van der Waals surface area contributed by atoms with Crippen LogP contribution in [0.5, 0.6) is 0 Å². The third kappa shape index (κ3) is 4.39. The fourth-order valence-corrected chi connectivity index (χ4v) is 4.01. The Morgan fingerprint density at radius 1 is 1.25 bits per heavy atom. The molecule has 1 aliphatic rings. The SMILES string of the molecule is Cn1c(SCC(=O)Nc2ccc(Br)cc2)nnc1C1CCCCC1. The Hall–Kier alpha value is -1.34. The molecule has 3 rings (SSSR count). The molecule has 1 aromatic heterocycles. The lowest BCUT2D eigenvalue weighted by molar-refractivity contribution is -0.113. The standard InChI is InChI=1S/C17H21BrN4OS/c1-22-16(12-5-3-2-4-6-12)20-21-17(22)24-11-15(23)19-14-9-7-13(18)8-10-14/h7-10,12H,2-6,11H2,1H3,(H,19,23). The first-order chi connectivity index (χ1) is 11.6. The molecule has 1 heterocycles. The van der Waals surface area contributed by atoms with Gasteiger partial charge in [-0.2, -0.15) is 0 Å². The molecule has 1 aliphatic carbocycles. The first-order valence-electron chi connectivity index (χ1n) is 8.21. The fraction of sp³-hybridized carbons (Fsp3) is 0.471. The second kappa shape index (κ2) is 8.16. The third-order valence-corrected chi connectivity index (χ3v) is 5.85. The number of carbonyl (C=O) groups is 1. The van der Waals surface area contributed by atoms with Crippen LogP contribution >= 0.6 is 27.7 Å². The Kier molecular flexibility index (Phi) is 5.94. The number of nitrogens with zero attached hydrogens (tertiary/aromatic N) is 3. The van der Waals surface area contributed by atoms with Gasteiger partial charge >= 0.3 is 0 Å². The highest BCUT2D eigenvalue weighted by atomic mass is 79.9. The number of anilines is 1. The molecular weight excluding hydrogens is 388 g/mol. The van der Waals surface area contributed by atoms with Gasteiger partial charge in [0.1, 0.15) is 5.82 Å². The molecule has 0 bridgehead atoms. The average molecular weight is 409 g/mol. The van der Waals surface area contributed by atoms with E-state index in [0.29, 0.717) is 11.7 Å². The zero-order chi connectivity index (χ0) is 16.9. The van der Waals surface area contributed by atoms with E-state index in [2.05, 4.69) is 31.4 Å². The monoisotopic (exact) mass is 408 g/mol. The van der Waals surface area contributed by atoms with Crippen LogP contribution in [-0.4, -0.2) is 26.4 Å². The predicted octanol–water partition coefficient (Wildman–Crippen LogP) is 4.36. The second-order valence-electron chi connectivity index (χ2n) is 6.08. The number of carbonyl (C=O) groups excluding carboxylic acids is 1. The summed E-state index contributed by atoms with van der Waals surface area (Å²) in [5.41, 5.74) is 0.796. The van der Waals surface area contributed by atoms with E-state index in [1.54, 1.807) is 0 Å². The van der Waals surface area contributed by atoms with E-state index in [4.69, 9.17) is 0 Å². The summed E-state index contributed by atoms with van der Waals surface area (Å²) in [5.74, 6) is 1.87. The van der Waals surface area contributed by atoms with Gasteiger partial charge in [0.05, 0.1) is 5.75 Å². The van der Waals surface area contributed by atoms with E-state index < -0.39 is 0 Å². The lowest BCUT2D eigenvalue weighted by Gasteiger charge is -2.20. The number of rotatable bonds is 5. The lowest BCUT2D eigenvalue weighted by atomic mass is 9.89. The first kappa shape index (κ1) is 17.5. The van der Waals surface area contributed by atoms with Gasteiger partial charge in [-0.1, -0.05) is 47.0 Å². The average Bonchev–Trinajstić information content (AvgIpc) is 2.97. The maximum absolute atomic E-state index is 12.1. The Morgan fingerprint density at radius 3 is 2.67 bits per heavy atom. The normalized spacial score (nSPS) is 15.4. The highest BCUT2D eigenvalue weighted by Crippen LogP contribution is 2.32. The van der Waals surface area contributed by atoms with E-state index in [0.717, 1.165) is 21.1 Å². The molecule has 1 saturated carbocycles. The molecule has 0 saturated heterocycles. The summed E-state index contributed by atoms with van der Waals surface area (Å²) in [6.45, 7) is 0. The summed E-state index contributed by atoms with van der Waals surface area (Å²) >= 11 is 4.81. The van der Waals surface area contributed by atoms with Crippen molar-refractivity contribution >= 4 is 39.3 Å². The van der Waals surface area contributed by atoms with Crippen molar-refractivity contribution in [3.63, 3.8) is 0 Å². The largest absolute Gasteiger partial charge is 0.325 e. The maximum atomic E-state index is 12.1. The van der Waals surface area contributed by atoms with Crippen molar-refractivity contribution in [2.75, 3.05) is 11.1 Å². The van der Waals surface area contributed by atoms with Crippen LogP contribution in [0.25, 0.3) is 0 Å². The van der Waals surface area contributed by atoms with Crippen molar-refractivity contribution in [1.29, 1.82) is 0 Å². The fourth-order valence-electron chi connectivity index (χ4n) is 3.03. The molecule has 0 radical (unpaired) electrons. The smallest absolute Gasteiger partial charge is 0.234 e. The van der Waals surface area contributed by atoms with Crippen LogP contribution in [-0.2, 0) is 11.8 Å². The molecule has 0 spiro atoms. The zero-order valence-electron chi connectivity index (χ0n) is 13.7. The minimum atomic E-state index is -0.0375. The van der Waals surface area contributed by atoms with Gasteiger partial charge in [0.25, 0.3) is 0 Å². The quantitative estimate of drug-likeness (QED) is 0.746. The van der Waals surface area contributed by atoms with Crippen LogP contribution < -0.4 is 5.32 Å².